The number of carbonyl (C=O) groups excluding carboxylic acids is 1. The van der Waals surface area contributed by atoms with Crippen molar-refractivity contribution in [2.45, 2.75) is 37.6 Å². The number of carboxylic acid groups (broad SMARTS) is 1. The summed E-state index contributed by atoms with van der Waals surface area (Å²) in [4.78, 5) is 32.6. The van der Waals surface area contributed by atoms with E-state index < -0.39 is 12.1 Å². The number of aryl methyl sites for hydroxylation is 1. The number of hydrogen-bond acceptors (Lipinski definition) is 8. The summed E-state index contributed by atoms with van der Waals surface area (Å²) in [6.07, 6.45) is -1.69. The number of carboxylic acids is 1. The van der Waals surface area contributed by atoms with Crippen molar-refractivity contribution >= 4 is 39.2 Å². The van der Waals surface area contributed by atoms with Crippen LogP contribution in [-0.2, 0) is 14.3 Å². The van der Waals surface area contributed by atoms with Gasteiger partial charge >= 0.3 is 12.1 Å². The molecule has 2 aliphatic heterocycles. The SMILES string of the molecule is Cc1ccc(C(=O)NC[C@H]2CC[C@]3(COCCN(c4ncnc5ccsc45)C3)O2)cc1.O=C(O)C(F)(F)F. The first kappa shape index (κ1) is 27.7. The highest BCUT2D eigenvalue weighted by atomic mass is 32.1. The number of ether oxygens (including phenoxy) is 2. The van der Waals surface area contributed by atoms with Gasteiger partial charge in [0.05, 0.1) is 36.1 Å². The second kappa shape index (κ2) is 11.6. The fraction of sp³-hybridized carbons (Fsp3) is 0.440. The maximum atomic E-state index is 12.5. The lowest BCUT2D eigenvalue weighted by atomic mass is 10.00. The van der Waals surface area contributed by atoms with Crippen LogP contribution in [0.15, 0.2) is 42.0 Å². The van der Waals surface area contributed by atoms with Crippen LogP contribution in [-0.4, -0.2) is 77.7 Å². The normalized spacial score (nSPS) is 21.6. The molecule has 0 unspecified atom stereocenters. The Kier molecular flexibility index (Phi) is 8.48. The van der Waals surface area contributed by atoms with E-state index in [1.165, 1.54) is 0 Å². The predicted molar refractivity (Wildman–Crippen MR) is 134 cm³/mol. The van der Waals surface area contributed by atoms with Gasteiger partial charge in [-0.25, -0.2) is 14.8 Å². The van der Waals surface area contributed by atoms with Crippen LogP contribution in [0.25, 0.3) is 10.2 Å². The molecule has 0 aliphatic carbocycles. The topological polar surface area (TPSA) is 114 Å². The molecule has 2 aromatic heterocycles. The summed E-state index contributed by atoms with van der Waals surface area (Å²) in [5.74, 6) is -1.87. The predicted octanol–water partition coefficient (Wildman–Crippen LogP) is 3.82. The maximum absolute atomic E-state index is 12.5. The Morgan fingerprint density at radius 3 is 2.68 bits per heavy atom. The van der Waals surface area contributed by atoms with E-state index in [1.54, 1.807) is 17.7 Å². The number of fused-ring (bicyclic) bond motifs is 1. The number of amides is 1. The fourth-order valence-corrected chi connectivity index (χ4v) is 5.22. The molecular formula is C25H27F3N4O5S. The van der Waals surface area contributed by atoms with Gasteiger partial charge in [-0.1, -0.05) is 17.7 Å². The van der Waals surface area contributed by atoms with Crippen molar-refractivity contribution in [3.8, 4) is 0 Å². The molecule has 5 rings (SSSR count). The molecule has 2 atom stereocenters. The molecule has 1 aromatic carbocycles. The van der Waals surface area contributed by atoms with Gasteiger partial charge in [0.25, 0.3) is 5.91 Å². The van der Waals surface area contributed by atoms with Crippen molar-refractivity contribution in [3.63, 3.8) is 0 Å². The fourth-order valence-electron chi connectivity index (χ4n) is 4.36. The summed E-state index contributed by atoms with van der Waals surface area (Å²) in [6, 6.07) is 9.63. The largest absolute Gasteiger partial charge is 0.490 e. The van der Waals surface area contributed by atoms with E-state index in [-0.39, 0.29) is 17.6 Å². The Morgan fingerprint density at radius 2 is 1.97 bits per heavy atom. The highest BCUT2D eigenvalue weighted by molar-refractivity contribution is 7.17. The smallest absolute Gasteiger partial charge is 0.475 e. The van der Waals surface area contributed by atoms with Gasteiger partial charge in [-0.05, 0) is 43.3 Å². The van der Waals surface area contributed by atoms with Crippen LogP contribution < -0.4 is 10.2 Å². The lowest BCUT2D eigenvalue weighted by Gasteiger charge is -2.32. The number of halogens is 3. The van der Waals surface area contributed by atoms with E-state index in [4.69, 9.17) is 19.4 Å². The van der Waals surface area contributed by atoms with Gasteiger partial charge < -0.3 is 24.8 Å². The number of alkyl halides is 3. The highest BCUT2D eigenvalue weighted by Gasteiger charge is 2.43. The van der Waals surface area contributed by atoms with Crippen LogP contribution >= 0.6 is 11.3 Å². The van der Waals surface area contributed by atoms with Gasteiger partial charge in [-0.2, -0.15) is 13.2 Å². The van der Waals surface area contributed by atoms with Gasteiger partial charge in [-0.15, -0.1) is 11.3 Å². The zero-order valence-corrected chi connectivity index (χ0v) is 21.3. The Labute approximate surface area is 220 Å². The van der Waals surface area contributed by atoms with Crippen LogP contribution in [0.3, 0.4) is 0 Å². The third kappa shape index (κ3) is 6.77. The van der Waals surface area contributed by atoms with E-state index in [1.807, 2.05) is 42.6 Å². The van der Waals surface area contributed by atoms with E-state index in [2.05, 4.69) is 20.2 Å². The summed E-state index contributed by atoms with van der Waals surface area (Å²) in [6.45, 7) is 5.19. The molecule has 1 spiro atoms. The summed E-state index contributed by atoms with van der Waals surface area (Å²) in [5, 5.41) is 12.2. The number of anilines is 1. The number of carbonyl (C=O) groups is 2. The molecule has 1 amide bonds. The van der Waals surface area contributed by atoms with Gasteiger partial charge in [0, 0.05) is 18.7 Å². The zero-order valence-electron chi connectivity index (χ0n) is 20.5. The summed E-state index contributed by atoms with van der Waals surface area (Å²) < 4.78 is 45.3. The minimum Gasteiger partial charge on any atom is -0.475 e. The van der Waals surface area contributed by atoms with Crippen molar-refractivity contribution in [3.05, 3.63) is 53.2 Å². The molecule has 2 saturated heterocycles. The van der Waals surface area contributed by atoms with E-state index in [0.29, 0.717) is 25.3 Å². The van der Waals surface area contributed by atoms with Gasteiger partial charge in [0.2, 0.25) is 0 Å². The van der Waals surface area contributed by atoms with Gasteiger partial charge in [0.1, 0.15) is 17.7 Å². The van der Waals surface area contributed by atoms with Crippen LogP contribution in [0, 0.1) is 6.92 Å². The zero-order chi connectivity index (χ0) is 27.3. The monoisotopic (exact) mass is 552 g/mol. The molecule has 9 nitrogen and oxygen atoms in total. The maximum Gasteiger partial charge on any atom is 0.490 e. The van der Waals surface area contributed by atoms with E-state index in [9.17, 15) is 18.0 Å². The van der Waals surface area contributed by atoms with Crippen LogP contribution in [0.2, 0.25) is 0 Å². The lowest BCUT2D eigenvalue weighted by molar-refractivity contribution is -0.192. The number of rotatable bonds is 4. The van der Waals surface area contributed by atoms with E-state index in [0.717, 1.165) is 47.5 Å². The first-order chi connectivity index (χ1) is 18.1. The summed E-state index contributed by atoms with van der Waals surface area (Å²) in [7, 11) is 0. The molecule has 0 saturated carbocycles. The summed E-state index contributed by atoms with van der Waals surface area (Å²) >= 11 is 1.66. The van der Waals surface area contributed by atoms with Crippen LogP contribution in [0.5, 0.6) is 0 Å². The number of hydrogen-bond donors (Lipinski definition) is 2. The quantitative estimate of drug-likeness (QED) is 0.502. The number of aromatic nitrogens is 2. The number of nitrogens with zero attached hydrogens (tertiary/aromatic N) is 3. The van der Waals surface area contributed by atoms with Crippen molar-refractivity contribution in [2.24, 2.45) is 0 Å². The highest BCUT2D eigenvalue weighted by Crippen LogP contribution is 2.36. The Hall–Kier alpha value is -3.29. The number of benzene rings is 1. The Bertz CT molecular complexity index is 1270. The number of nitrogens with one attached hydrogen (secondary N) is 1. The molecule has 13 heteroatoms. The number of aliphatic carboxylic acids is 1. The van der Waals surface area contributed by atoms with Crippen LogP contribution in [0.1, 0.15) is 28.8 Å². The number of thiophene rings is 1. The average Bonchev–Trinajstić information content (AvgIpc) is 3.46. The first-order valence-corrected chi connectivity index (χ1v) is 12.8. The Balaban J connectivity index is 0.000000426. The molecule has 2 aliphatic rings. The van der Waals surface area contributed by atoms with Gasteiger partial charge in [0.15, 0.2) is 0 Å². The molecular weight excluding hydrogens is 525 g/mol. The van der Waals surface area contributed by atoms with E-state index >= 15 is 0 Å². The van der Waals surface area contributed by atoms with Crippen LogP contribution in [0.4, 0.5) is 19.0 Å². The third-order valence-corrected chi connectivity index (χ3v) is 7.16. The first-order valence-electron chi connectivity index (χ1n) is 11.9. The average molecular weight is 553 g/mol. The van der Waals surface area contributed by atoms with Crippen molar-refractivity contribution in [1.82, 2.24) is 15.3 Å². The molecule has 0 bridgehead atoms. The minimum atomic E-state index is -5.08. The second-order valence-electron chi connectivity index (χ2n) is 9.15. The standard InChI is InChI=1S/C23H26N4O3S.C2HF3O2/c1-16-2-4-17(5-3-16)22(28)24-12-18-6-8-23(30-18)13-27(9-10-29-14-23)21-20-19(7-11-31-20)25-15-26-21;3-2(4,5)1(6)7/h2-5,7,11,15,18H,6,8-10,12-14H2,1H3,(H,24,28);(H,6,7)/t18-,23+;/m1./s1. The molecule has 0 radical (unpaired) electrons. The second-order valence-corrected chi connectivity index (χ2v) is 10.1. The lowest BCUT2D eigenvalue weighted by Crippen LogP contribution is -2.45. The molecule has 204 valence electrons. The van der Waals surface area contributed by atoms with Crippen molar-refractivity contribution in [2.75, 3.05) is 37.7 Å². The minimum absolute atomic E-state index is 0.0231. The molecule has 2 fully saturated rings. The third-order valence-electron chi connectivity index (χ3n) is 6.26. The molecule has 3 aromatic rings. The van der Waals surface area contributed by atoms with Gasteiger partial charge in [-0.3, -0.25) is 4.79 Å². The Morgan fingerprint density at radius 1 is 1.24 bits per heavy atom. The molecule has 4 heterocycles. The van der Waals surface area contributed by atoms with Crippen molar-refractivity contribution in [1.29, 1.82) is 0 Å². The van der Waals surface area contributed by atoms with Crippen molar-refractivity contribution < 1.29 is 37.3 Å². The molecule has 38 heavy (non-hydrogen) atoms. The molecule has 2 N–H and O–H groups in total. The summed E-state index contributed by atoms with van der Waals surface area (Å²) in [5.41, 5.74) is 2.40.